The molecule has 0 aliphatic heterocycles. The van der Waals surface area contributed by atoms with Gasteiger partial charge in [0.05, 0.1) is 5.38 Å². The second-order valence-electron chi connectivity index (χ2n) is 3.76. The third-order valence-electron chi connectivity index (χ3n) is 2.82. The van der Waals surface area contributed by atoms with Crippen molar-refractivity contribution in [2.75, 3.05) is 0 Å². The van der Waals surface area contributed by atoms with Crippen molar-refractivity contribution in [1.29, 1.82) is 0 Å². The summed E-state index contributed by atoms with van der Waals surface area (Å²) in [5, 5.41) is 1.40. The highest BCUT2D eigenvalue weighted by atomic mass is 35.5. The van der Waals surface area contributed by atoms with Gasteiger partial charge in [-0.25, -0.2) is 0 Å². The van der Waals surface area contributed by atoms with Crippen molar-refractivity contribution in [1.82, 2.24) is 0 Å². The Labute approximate surface area is 99.2 Å². The zero-order valence-electron chi connectivity index (χ0n) is 7.64. The number of halogens is 3. The zero-order valence-corrected chi connectivity index (χ0v) is 9.91. The van der Waals surface area contributed by atoms with E-state index in [0.717, 1.165) is 5.56 Å². The Morgan fingerprint density at radius 2 is 1.93 bits per heavy atom. The number of alkyl halides is 1. The summed E-state index contributed by atoms with van der Waals surface area (Å²) in [6, 6.07) is 5.53. The monoisotopic (exact) mass is 248 g/mol. The summed E-state index contributed by atoms with van der Waals surface area (Å²) in [6.45, 7) is 0. The van der Waals surface area contributed by atoms with E-state index in [4.69, 9.17) is 34.8 Å². The van der Waals surface area contributed by atoms with Crippen molar-refractivity contribution < 1.29 is 0 Å². The van der Waals surface area contributed by atoms with Gasteiger partial charge in [0.15, 0.2) is 0 Å². The molecule has 0 aromatic heterocycles. The summed E-state index contributed by atoms with van der Waals surface area (Å²) in [4.78, 5) is 0. The predicted molar refractivity (Wildman–Crippen MR) is 62.4 cm³/mol. The van der Waals surface area contributed by atoms with Crippen molar-refractivity contribution >= 4 is 34.8 Å². The molecule has 1 aliphatic rings. The van der Waals surface area contributed by atoms with Crippen molar-refractivity contribution in [3.63, 3.8) is 0 Å². The van der Waals surface area contributed by atoms with Gasteiger partial charge in [-0.2, -0.15) is 0 Å². The molecule has 0 amide bonds. The van der Waals surface area contributed by atoms with Gasteiger partial charge in [-0.3, -0.25) is 0 Å². The molecule has 1 fully saturated rings. The van der Waals surface area contributed by atoms with E-state index in [1.54, 1.807) is 6.07 Å². The molecule has 0 spiro atoms. The van der Waals surface area contributed by atoms with Gasteiger partial charge in [0.2, 0.25) is 0 Å². The normalized spacial score (nSPS) is 19.1. The van der Waals surface area contributed by atoms with E-state index in [-0.39, 0.29) is 5.38 Å². The SMILES string of the molecule is Clc1ccc(C(Cl)C2CCC2)c(Cl)c1. The third kappa shape index (κ3) is 2.03. The fourth-order valence-corrected chi connectivity index (χ4v) is 2.74. The van der Waals surface area contributed by atoms with Gasteiger partial charge in [0.1, 0.15) is 0 Å². The predicted octanol–water partition coefficient (Wildman–Crippen LogP) is 5.07. The summed E-state index contributed by atoms with van der Waals surface area (Å²) >= 11 is 18.2. The summed E-state index contributed by atoms with van der Waals surface area (Å²) in [6.07, 6.45) is 3.72. The quantitative estimate of drug-likeness (QED) is 0.642. The van der Waals surface area contributed by atoms with Gasteiger partial charge in [-0.1, -0.05) is 35.7 Å². The lowest BCUT2D eigenvalue weighted by Crippen LogP contribution is -2.16. The summed E-state index contributed by atoms with van der Waals surface area (Å²) in [5.74, 6) is 0.593. The molecule has 1 saturated carbocycles. The summed E-state index contributed by atoms with van der Waals surface area (Å²) in [5.41, 5.74) is 1.02. The number of benzene rings is 1. The average molecular weight is 250 g/mol. The molecule has 14 heavy (non-hydrogen) atoms. The van der Waals surface area contributed by atoms with E-state index in [1.807, 2.05) is 12.1 Å². The van der Waals surface area contributed by atoms with Gasteiger partial charge in [-0.05, 0) is 36.5 Å². The first-order chi connectivity index (χ1) is 6.68. The molecule has 2 rings (SSSR count). The molecular formula is C11H11Cl3. The maximum Gasteiger partial charge on any atom is 0.0628 e. The van der Waals surface area contributed by atoms with E-state index < -0.39 is 0 Å². The first-order valence-corrected chi connectivity index (χ1v) is 5.97. The van der Waals surface area contributed by atoms with Crippen LogP contribution in [0.5, 0.6) is 0 Å². The van der Waals surface area contributed by atoms with Crippen LogP contribution in [0.2, 0.25) is 10.0 Å². The van der Waals surface area contributed by atoms with Gasteiger partial charge in [-0.15, -0.1) is 11.6 Å². The van der Waals surface area contributed by atoms with Crippen molar-refractivity contribution in [3.05, 3.63) is 33.8 Å². The van der Waals surface area contributed by atoms with Gasteiger partial charge < -0.3 is 0 Å². The van der Waals surface area contributed by atoms with E-state index in [1.165, 1.54) is 19.3 Å². The fraction of sp³-hybridized carbons (Fsp3) is 0.455. The number of rotatable bonds is 2. The fourth-order valence-electron chi connectivity index (χ4n) is 1.71. The Morgan fingerprint density at radius 3 is 2.43 bits per heavy atom. The smallest absolute Gasteiger partial charge is 0.0628 e. The minimum absolute atomic E-state index is 0.0496. The molecule has 0 bridgehead atoms. The van der Waals surface area contributed by atoms with E-state index in [2.05, 4.69) is 0 Å². The standard InChI is InChI=1S/C11H11Cl3/c12-8-4-5-9(10(13)6-8)11(14)7-2-1-3-7/h4-7,11H,1-3H2. The van der Waals surface area contributed by atoms with Crippen LogP contribution in [0, 0.1) is 5.92 Å². The first-order valence-electron chi connectivity index (χ1n) is 4.77. The lowest BCUT2D eigenvalue weighted by atomic mass is 9.80. The molecule has 0 heterocycles. The largest absolute Gasteiger partial charge is 0.117 e. The second-order valence-corrected chi connectivity index (χ2v) is 5.07. The molecule has 0 N–H and O–H groups in total. The van der Waals surface area contributed by atoms with Crippen LogP contribution in [-0.2, 0) is 0 Å². The Bertz CT molecular complexity index is 331. The Morgan fingerprint density at radius 1 is 1.21 bits per heavy atom. The summed E-state index contributed by atoms with van der Waals surface area (Å²) in [7, 11) is 0. The maximum atomic E-state index is 6.34. The number of hydrogen-bond acceptors (Lipinski definition) is 0. The van der Waals surface area contributed by atoms with Crippen LogP contribution in [0.1, 0.15) is 30.2 Å². The highest BCUT2D eigenvalue weighted by Gasteiger charge is 2.27. The lowest BCUT2D eigenvalue weighted by Gasteiger charge is -2.30. The Balaban J connectivity index is 2.22. The maximum absolute atomic E-state index is 6.34. The Kier molecular flexibility index (Phi) is 3.26. The van der Waals surface area contributed by atoms with Crippen LogP contribution < -0.4 is 0 Å². The molecule has 0 radical (unpaired) electrons. The minimum atomic E-state index is 0.0496. The van der Waals surface area contributed by atoms with Gasteiger partial charge >= 0.3 is 0 Å². The lowest BCUT2D eigenvalue weighted by molar-refractivity contribution is 0.305. The van der Waals surface area contributed by atoms with Gasteiger partial charge in [0.25, 0.3) is 0 Å². The van der Waals surface area contributed by atoms with Crippen LogP contribution in [-0.4, -0.2) is 0 Å². The highest BCUT2D eigenvalue weighted by Crippen LogP contribution is 2.44. The van der Waals surface area contributed by atoms with Crippen molar-refractivity contribution in [2.45, 2.75) is 24.6 Å². The molecule has 1 unspecified atom stereocenters. The second kappa shape index (κ2) is 4.30. The van der Waals surface area contributed by atoms with Crippen LogP contribution >= 0.6 is 34.8 Å². The molecular weight excluding hydrogens is 238 g/mol. The molecule has 0 nitrogen and oxygen atoms in total. The van der Waals surface area contributed by atoms with Gasteiger partial charge in [0, 0.05) is 10.0 Å². The molecule has 0 saturated heterocycles. The van der Waals surface area contributed by atoms with E-state index in [9.17, 15) is 0 Å². The van der Waals surface area contributed by atoms with Crippen molar-refractivity contribution in [3.8, 4) is 0 Å². The van der Waals surface area contributed by atoms with E-state index in [0.29, 0.717) is 16.0 Å². The molecule has 1 atom stereocenters. The van der Waals surface area contributed by atoms with Crippen LogP contribution in [0.15, 0.2) is 18.2 Å². The Hall–Kier alpha value is 0.0900. The average Bonchev–Trinajstić information content (AvgIpc) is 2.00. The van der Waals surface area contributed by atoms with E-state index >= 15 is 0 Å². The molecule has 3 heteroatoms. The molecule has 1 aromatic rings. The third-order valence-corrected chi connectivity index (χ3v) is 3.98. The van der Waals surface area contributed by atoms with Crippen LogP contribution in [0.3, 0.4) is 0 Å². The summed E-state index contributed by atoms with van der Waals surface area (Å²) < 4.78 is 0. The van der Waals surface area contributed by atoms with Crippen LogP contribution in [0.25, 0.3) is 0 Å². The minimum Gasteiger partial charge on any atom is -0.117 e. The zero-order chi connectivity index (χ0) is 10.1. The highest BCUT2D eigenvalue weighted by molar-refractivity contribution is 6.35. The van der Waals surface area contributed by atoms with Crippen LogP contribution in [0.4, 0.5) is 0 Å². The topological polar surface area (TPSA) is 0 Å². The molecule has 1 aliphatic carbocycles. The van der Waals surface area contributed by atoms with Crippen molar-refractivity contribution in [2.24, 2.45) is 5.92 Å². The molecule has 1 aromatic carbocycles. The first kappa shape index (κ1) is 10.6. The molecule has 76 valence electrons. The number of hydrogen-bond donors (Lipinski definition) is 0.